The van der Waals surface area contributed by atoms with Crippen LogP contribution in [0.3, 0.4) is 0 Å². The fraction of sp³-hybridized carbons (Fsp3) is 0.0714. The van der Waals surface area contributed by atoms with E-state index in [9.17, 15) is 4.79 Å². The zero-order chi connectivity index (χ0) is 11.5. The first-order chi connectivity index (χ1) is 7.72. The maximum atomic E-state index is 11.7. The SMILES string of the molecule is C=Cc1ccc(-n2ccccc2=O)c(C)c1. The first-order valence-corrected chi connectivity index (χ1v) is 5.13. The van der Waals surface area contributed by atoms with Crippen molar-refractivity contribution < 1.29 is 0 Å². The van der Waals surface area contributed by atoms with Gasteiger partial charge >= 0.3 is 0 Å². The van der Waals surface area contributed by atoms with Crippen molar-refractivity contribution in [3.05, 3.63) is 70.7 Å². The van der Waals surface area contributed by atoms with Gasteiger partial charge in [0.2, 0.25) is 0 Å². The highest BCUT2D eigenvalue weighted by Crippen LogP contribution is 2.14. The maximum Gasteiger partial charge on any atom is 0.255 e. The van der Waals surface area contributed by atoms with Crippen molar-refractivity contribution in [3.8, 4) is 5.69 Å². The van der Waals surface area contributed by atoms with E-state index in [0.29, 0.717) is 0 Å². The second kappa shape index (κ2) is 4.19. The van der Waals surface area contributed by atoms with Gasteiger partial charge in [-0.25, -0.2) is 0 Å². The summed E-state index contributed by atoms with van der Waals surface area (Å²) in [6.45, 7) is 5.71. The summed E-state index contributed by atoms with van der Waals surface area (Å²) in [4.78, 5) is 11.7. The highest BCUT2D eigenvalue weighted by atomic mass is 16.1. The molecule has 2 heteroatoms. The van der Waals surface area contributed by atoms with Gasteiger partial charge in [-0.2, -0.15) is 0 Å². The van der Waals surface area contributed by atoms with Crippen molar-refractivity contribution in [2.75, 3.05) is 0 Å². The van der Waals surface area contributed by atoms with E-state index in [2.05, 4.69) is 6.58 Å². The third-order valence-corrected chi connectivity index (χ3v) is 2.54. The number of aryl methyl sites for hydroxylation is 1. The van der Waals surface area contributed by atoms with Gasteiger partial charge in [0.1, 0.15) is 0 Å². The van der Waals surface area contributed by atoms with Crippen molar-refractivity contribution in [2.45, 2.75) is 6.92 Å². The van der Waals surface area contributed by atoms with Gasteiger partial charge in [-0.1, -0.05) is 24.8 Å². The average Bonchev–Trinajstić information content (AvgIpc) is 2.30. The molecule has 1 heterocycles. The second-order valence-corrected chi connectivity index (χ2v) is 3.66. The Morgan fingerprint density at radius 1 is 1.25 bits per heavy atom. The summed E-state index contributed by atoms with van der Waals surface area (Å²) in [5, 5.41) is 0. The molecule has 0 bridgehead atoms. The number of nitrogens with zero attached hydrogens (tertiary/aromatic N) is 1. The molecule has 0 fully saturated rings. The van der Waals surface area contributed by atoms with Crippen LogP contribution in [0.5, 0.6) is 0 Å². The molecule has 0 saturated heterocycles. The van der Waals surface area contributed by atoms with Crippen LogP contribution in [-0.4, -0.2) is 4.57 Å². The largest absolute Gasteiger partial charge is 0.284 e. The molecule has 1 aromatic carbocycles. The summed E-state index contributed by atoms with van der Waals surface area (Å²) in [5.74, 6) is 0. The number of hydrogen-bond donors (Lipinski definition) is 0. The molecule has 0 aliphatic rings. The fourth-order valence-corrected chi connectivity index (χ4v) is 1.70. The molecule has 1 aromatic heterocycles. The second-order valence-electron chi connectivity index (χ2n) is 3.66. The quantitative estimate of drug-likeness (QED) is 0.748. The number of benzene rings is 1. The van der Waals surface area contributed by atoms with Crippen LogP contribution in [0.25, 0.3) is 11.8 Å². The standard InChI is InChI=1S/C14H13NO/c1-3-12-7-8-13(11(2)10-12)15-9-5-4-6-14(15)16/h3-10H,1H2,2H3. The molecule has 2 rings (SSSR count). The first kappa shape index (κ1) is 10.4. The number of pyridine rings is 1. The van der Waals surface area contributed by atoms with E-state index < -0.39 is 0 Å². The Hall–Kier alpha value is -2.09. The zero-order valence-corrected chi connectivity index (χ0v) is 9.18. The molecule has 2 aromatic rings. The number of rotatable bonds is 2. The van der Waals surface area contributed by atoms with Crippen LogP contribution in [0.15, 0.2) is 54.0 Å². The summed E-state index contributed by atoms with van der Waals surface area (Å²) in [7, 11) is 0. The molecular weight excluding hydrogens is 198 g/mol. The Labute approximate surface area is 94.5 Å². The molecule has 0 amide bonds. The van der Waals surface area contributed by atoms with Crippen molar-refractivity contribution in [1.82, 2.24) is 4.57 Å². The summed E-state index contributed by atoms with van der Waals surface area (Å²) in [6, 6.07) is 11.1. The minimum Gasteiger partial charge on any atom is -0.284 e. The van der Waals surface area contributed by atoms with E-state index >= 15 is 0 Å². The van der Waals surface area contributed by atoms with E-state index in [4.69, 9.17) is 0 Å². The van der Waals surface area contributed by atoms with Crippen LogP contribution >= 0.6 is 0 Å². The molecule has 0 saturated carbocycles. The van der Waals surface area contributed by atoms with Crippen LogP contribution in [-0.2, 0) is 0 Å². The van der Waals surface area contributed by atoms with Crippen LogP contribution < -0.4 is 5.56 Å². The van der Waals surface area contributed by atoms with Crippen molar-refractivity contribution in [3.63, 3.8) is 0 Å². The molecule has 16 heavy (non-hydrogen) atoms. The average molecular weight is 211 g/mol. The van der Waals surface area contributed by atoms with Crippen LogP contribution in [0.1, 0.15) is 11.1 Å². The third kappa shape index (κ3) is 1.82. The minimum atomic E-state index is -0.0167. The van der Waals surface area contributed by atoms with E-state index in [1.807, 2.05) is 31.2 Å². The number of aromatic nitrogens is 1. The predicted molar refractivity (Wildman–Crippen MR) is 66.9 cm³/mol. The van der Waals surface area contributed by atoms with Gasteiger partial charge < -0.3 is 0 Å². The summed E-state index contributed by atoms with van der Waals surface area (Å²) >= 11 is 0. The summed E-state index contributed by atoms with van der Waals surface area (Å²) in [5.41, 5.74) is 3.02. The highest BCUT2D eigenvalue weighted by molar-refractivity contribution is 5.53. The molecule has 0 aliphatic heterocycles. The third-order valence-electron chi connectivity index (χ3n) is 2.54. The Balaban J connectivity index is 2.62. The Bertz CT molecular complexity index is 581. The zero-order valence-electron chi connectivity index (χ0n) is 9.18. The molecule has 0 aliphatic carbocycles. The van der Waals surface area contributed by atoms with E-state index in [1.54, 1.807) is 29.0 Å². The van der Waals surface area contributed by atoms with Gasteiger partial charge in [0, 0.05) is 12.3 Å². The lowest BCUT2D eigenvalue weighted by Crippen LogP contribution is -2.16. The number of hydrogen-bond acceptors (Lipinski definition) is 1. The van der Waals surface area contributed by atoms with Crippen LogP contribution in [0.4, 0.5) is 0 Å². The van der Waals surface area contributed by atoms with E-state index in [0.717, 1.165) is 16.8 Å². The van der Waals surface area contributed by atoms with Gasteiger partial charge in [0.25, 0.3) is 5.56 Å². The molecule has 0 spiro atoms. The first-order valence-electron chi connectivity index (χ1n) is 5.13. The minimum absolute atomic E-state index is 0.0167. The predicted octanol–water partition coefficient (Wildman–Crippen LogP) is 2.79. The van der Waals surface area contributed by atoms with Crippen molar-refractivity contribution >= 4 is 6.08 Å². The Kier molecular flexibility index (Phi) is 2.73. The van der Waals surface area contributed by atoms with E-state index in [-0.39, 0.29) is 5.56 Å². The molecule has 2 nitrogen and oxygen atoms in total. The van der Waals surface area contributed by atoms with Crippen LogP contribution in [0.2, 0.25) is 0 Å². The topological polar surface area (TPSA) is 22.0 Å². The van der Waals surface area contributed by atoms with Gasteiger partial charge in [-0.3, -0.25) is 9.36 Å². The summed E-state index contributed by atoms with van der Waals surface area (Å²) < 4.78 is 1.64. The van der Waals surface area contributed by atoms with Gasteiger partial charge in [-0.05, 0) is 36.2 Å². The van der Waals surface area contributed by atoms with Gasteiger partial charge in [-0.15, -0.1) is 0 Å². The normalized spacial score (nSPS) is 10.1. The lowest BCUT2D eigenvalue weighted by atomic mass is 10.1. The maximum absolute atomic E-state index is 11.7. The lowest BCUT2D eigenvalue weighted by molar-refractivity contribution is 0.978. The molecular formula is C14H13NO. The molecule has 0 N–H and O–H groups in total. The van der Waals surface area contributed by atoms with Gasteiger partial charge in [0.15, 0.2) is 0 Å². The van der Waals surface area contributed by atoms with E-state index in [1.165, 1.54) is 0 Å². The molecule has 0 unspecified atom stereocenters. The lowest BCUT2D eigenvalue weighted by Gasteiger charge is -2.09. The van der Waals surface area contributed by atoms with Crippen molar-refractivity contribution in [1.29, 1.82) is 0 Å². The highest BCUT2D eigenvalue weighted by Gasteiger charge is 2.02. The molecule has 0 atom stereocenters. The monoisotopic (exact) mass is 211 g/mol. The van der Waals surface area contributed by atoms with Gasteiger partial charge in [0.05, 0.1) is 5.69 Å². The van der Waals surface area contributed by atoms with Crippen LogP contribution in [0, 0.1) is 6.92 Å². The fourth-order valence-electron chi connectivity index (χ4n) is 1.70. The smallest absolute Gasteiger partial charge is 0.255 e. The molecule has 80 valence electrons. The summed E-state index contributed by atoms with van der Waals surface area (Å²) in [6.07, 6.45) is 3.57. The van der Waals surface area contributed by atoms with Crippen molar-refractivity contribution in [2.24, 2.45) is 0 Å². The molecule has 0 radical (unpaired) electrons. The Morgan fingerprint density at radius 3 is 2.69 bits per heavy atom. The Morgan fingerprint density at radius 2 is 2.06 bits per heavy atom.